The zero-order valence-corrected chi connectivity index (χ0v) is 17.3. The number of allylic oxidation sites excluding steroid dienone is 3. The van der Waals surface area contributed by atoms with Crippen LogP contribution in [0.25, 0.3) is 0 Å². The van der Waals surface area contributed by atoms with E-state index in [-0.39, 0.29) is 49.5 Å². The minimum atomic E-state index is -0.814. The molecule has 1 saturated heterocycles. The molecule has 3 atom stereocenters. The van der Waals surface area contributed by atoms with Gasteiger partial charge in [-0.25, -0.2) is 9.18 Å². The van der Waals surface area contributed by atoms with Gasteiger partial charge in [0.05, 0.1) is 18.1 Å². The van der Waals surface area contributed by atoms with Gasteiger partial charge in [0.15, 0.2) is 0 Å². The minimum Gasteiger partial charge on any atom is -0.394 e. The van der Waals surface area contributed by atoms with Crippen molar-refractivity contribution < 1.29 is 19.0 Å². The summed E-state index contributed by atoms with van der Waals surface area (Å²) in [4.78, 5) is 37.7. The molecule has 3 rings (SSSR count). The molecular weight excluding hydrogens is 393 g/mol. The second-order valence-corrected chi connectivity index (χ2v) is 8.08. The molecule has 0 radical (unpaired) electrons. The minimum absolute atomic E-state index is 0.111. The van der Waals surface area contributed by atoms with Gasteiger partial charge < -0.3 is 15.2 Å². The number of carbonyl (C=O) groups is 1. The fraction of sp³-hybridized carbons (Fsp3) is 0.571. The van der Waals surface area contributed by atoms with Crippen LogP contribution in [-0.2, 0) is 16.1 Å². The molecule has 164 valence electrons. The summed E-state index contributed by atoms with van der Waals surface area (Å²) in [6.07, 6.45) is 6.77. The van der Waals surface area contributed by atoms with Crippen LogP contribution in [0.1, 0.15) is 44.4 Å². The Bertz CT molecular complexity index is 980. The standard InChI is InChI=1S/C21H28FN3O5/c1-14-12-25(17-5-4-16(13-26)30-17)20(29)24(18(14)27)11-3-10-23-19(28)21(2)8-6-15(22)7-9-21/h6-8,12,16-17,26H,3-5,9-11,13H2,1-2H3,(H,23,28)/t16-,17+,21?/m0/s1. The van der Waals surface area contributed by atoms with Gasteiger partial charge in [0.25, 0.3) is 5.56 Å². The lowest BCUT2D eigenvalue weighted by Crippen LogP contribution is -2.43. The van der Waals surface area contributed by atoms with Crippen LogP contribution in [0.3, 0.4) is 0 Å². The van der Waals surface area contributed by atoms with E-state index in [2.05, 4.69) is 5.32 Å². The van der Waals surface area contributed by atoms with E-state index in [9.17, 15) is 23.9 Å². The van der Waals surface area contributed by atoms with Crippen LogP contribution in [0.2, 0.25) is 0 Å². The molecule has 1 fully saturated rings. The second kappa shape index (κ2) is 9.09. The van der Waals surface area contributed by atoms with Crippen molar-refractivity contribution >= 4 is 5.91 Å². The number of aromatic nitrogens is 2. The maximum absolute atomic E-state index is 13.1. The number of halogens is 1. The Hall–Kier alpha value is -2.52. The van der Waals surface area contributed by atoms with Gasteiger partial charge in [0.1, 0.15) is 12.1 Å². The summed E-state index contributed by atoms with van der Waals surface area (Å²) in [6.45, 7) is 3.68. The molecule has 2 heterocycles. The first-order valence-corrected chi connectivity index (χ1v) is 10.2. The Morgan fingerprint density at radius 2 is 2.17 bits per heavy atom. The number of nitrogens with one attached hydrogen (secondary N) is 1. The second-order valence-electron chi connectivity index (χ2n) is 8.08. The lowest BCUT2D eigenvalue weighted by atomic mass is 9.82. The summed E-state index contributed by atoms with van der Waals surface area (Å²) < 4.78 is 21.4. The SMILES string of the molecule is Cc1cn([C@H]2CC[C@@H](CO)O2)c(=O)n(CCCNC(=O)C2(C)C=CC(F)=CC2)c1=O. The normalized spacial score (nSPS) is 25.9. The molecule has 1 aromatic rings. The van der Waals surface area contributed by atoms with Crippen molar-refractivity contribution in [3.8, 4) is 0 Å². The van der Waals surface area contributed by atoms with E-state index in [1.165, 1.54) is 22.9 Å². The molecule has 2 N–H and O–H groups in total. The molecule has 1 unspecified atom stereocenters. The molecule has 2 aliphatic rings. The summed E-state index contributed by atoms with van der Waals surface area (Å²) >= 11 is 0. The Kier molecular flexibility index (Phi) is 6.72. The number of carbonyl (C=O) groups excluding carboxylic acids is 1. The van der Waals surface area contributed by atoms with Crippen molar-refractivity contribution in [2.75, 3.05) is 13.2 Å². The van der Waals surface area contributed by atoms with E-state index < -0.39 is 17.3 Å². The first-order chi connectivity index (χ1) is 14.2. The fourth-order valence-corrected chi connectivity index (χ4v) is 3.71. The number of ether oxygens (including phenoxy) is 1. The van der Waals surface area contributed by atoms with E-state index >= 15 is 0 Å². The molecule has 9 heteroatoms. The van der Waals surface area contributed by atoms with Gasteiger partial charge in [-0.2, -0.15) is 0 Å². The van der Waals surface area contributed by atoms with Gasteiger partial charge in [0.2, 0.25) is 5.91 Å². The highest BCUT2D eigenvalue weighted by molar-refractivity contribution is 5.84. The number of aliphatic hydroxyl groups is 1. The molecular formula is C21H28FN3O5. The largest absolute Gasteiger partial charge is 0.394 e. The van der Waals surface area contributed by atoms with Crippen LogP contribution in [0.4, 0.5) is 4.39 Å². The van der Waals surface area contributed by atoms with E-state index in [1.54, 1.807) is 19.9 Å². The van der Waals surface area contributed by atoms with Crippen molar-refractivity contribution in [2.45, 2.75) is 58.4 Å². The molecule has 8 nitrogen and oxygen atoms in total. The van der Waals surface area contributed by atoms with Gasteiger partial charge in [-0.3, -0.25) is 18.7 Å². The average Bonchev–Trinajstić information content (AvgIpc) is 3.21. The first kappa shape index (κ1) is 22.2. The number of aryl methyl sites for hydroxylation is 1. The fourth-order valence-electron chi connectivity index (χ4n) is 3.71. The number of nitrogens with zero attached hydrogens (tertiary/aromatic N) is 2. The maximum Gasteiger partial charge on any atom is 0.333 e. The molecule has 0 saturated carbocycles. The predicted molar refractivity (Wildman–Crippen MR) is 109 cm³/mol. The van der Waals surface area contributed by atoms with Gasteiger partial charge in [-0.15, -0.1) is 0 Å². The number of rotatable bonds is 7. The molecule has 0 spiro atoms. The summed E-state index contributed by atoms with van der Waals surface area (Å²) in [6, 6.07) is 0. The van der Waals surface area contributed by atoms with E-state index in [1.807, 2.05) is 0 Å². The van der Waals surface area contributed by atoms with Crippen molar-refractivity contribution in [2.24, 2.45) is 5.41 Å². The maximum atomic E-state index is 13.1. The summed E-state index contributed by atoms with van der Waals surface area (Å²) in [5, 5.41) is 12.0. The smallest absolute Gasteiger partial charge is 0.333 e. The Morgan fingerprint density at radius 1 is 1.40 bits per heavy atom. The molecule has 0 bridgehead atoms. The average molecular weight is 421 g/mol. The number of hydrogen-bond donors (Lipinski definition) is 2. The third-order valence-electron chi connectivity index (χ3n) is 5.66. The van der Waals surface area contributed by atoms with Crippen LogP contribution in [0.15, 0.2) is 39.8 Å². The van der Waals surface area contributed by atoms with E-state index in [4.69, 9.17) is 4.74 Å². The van der Waals surface area contributed by atoms with Crippen LogP contribution in [-0.4, -0.2) is 39.4 Å². The monoisotopic (exact) mass is 421 g/mol. The summed E-state index contributed by atoms with van der Waals surface area (Å²) in [7, 11) is 0. The molecule has 1 aromatic heterocycles. The van der Waals surface area contributed by atoms with E-state index in [0.29, 0.717) is 24.8 Å². The number of hydrogen-bond acceptors (Lipinski definition) is 5. The highest BCUT2D eigenvalue weighted by Gasteiger charge is 2.31. The highest BCUT2D eigenvalue weighted by atomic mass is 19.1. The summed E-state index contributed by atoms with van der Waals surface area (Å²) in [5.41, 5.74) is -1.24. The zero-order valence-electron chi connectivity index (χ0n) is 17.3. The lowest BCUT2D eigenvalue weighted by molar-refractivity contribution is -0.127. The van der Waals surface area contributed by atoms with Gasteiger partial charge in [-0.1, -0.05) is 6.08 Å². The highest BCUT2D eigenvalue weighted by Crippen LogP contribution is 2.30. The lowest BCUT2D eigenvalue weighted by Gasteiger charge is -2.25. The van der Waals surface area contributed by atoms with Gasteiger partial charge in [0, 0.05) is 24.8 Å². The Morgan fingerprint density at radius 3 is 2.80 bits per heavy atom. The molecule has 1 amide bonds. The van der Waals surface area contributed by atoms with Crippen LogP contribution in [0, 0.1) is 12.3 Å². The van der Waals surface area contributed by atoms with Crippen molar-refractivity contribution in [3.63, 3.8) is 0 Å². The van der Waals surface area contributed by atoms with Crippen LogP contribution in [0.5, 0.6) is 0 Å². The molecule has 30 heavy (non-hydrogen) atoms. The number of amides is 1. The zero-order chi connectivity index (χ0) is 21.9. The predicted octanol–water partition coefficient (Wildman–Crippen LogP) is 1.31. The summed E-state index contributed by atoms with van der Waals surface area (Å²) in [5.74, 6) is -0.585. The first-order valence-electron chi connectivity index (χ1n) is 10.2. The molecule has 1 aliphatic heterocycles. The quantitative estimate of drug-likeness (QED) is 0.647. The van der Waals surface area contributed by atoms with Crippen molar-refractivity contribution in [1.29, 1.82) is 0 Å². The molecule has 0 aromatic carbocycles. The topological polar surface area (TPSA) is 103 Å². The van der Waals surface area contributed by atoms with Crippen LogP contribution < -0.4 is 16.6 Å². The van der Waals surface area contributed by atoms with Gasteiger partial charge >= 0.3 is 5.69 Å². The Balaban J connectivity index is 1.63. The third kappa shape index (κ3) is 4.62. The molecule has 1 aliphatic carbocycles. The van der Waals surface area contributed by atoms with Gasteiger partial charge in [-0.05, 0) is 51.7 Å². The van der Waals surface area contributed by atoms with E-state index in [0.717, 1.165) is 4.57 Å². The van der Waals surface area contributed by atoms with Crippen molar-refractivity contribution in [1.82, 2.24) is 14.5 Å². The third-order valence-corrected chi connectivity index (χ3v) is 5.66. The van der Waals surface area contributed by atoms with Crippen molar-refractivity contribution in [3.05, 3.63) is 56.7 Å². The number of aliphatic hydroxyl groups excluding tert-OH is 1. The van der Waals surface area contributed by atoms with Crippen LogP contribution >= 0.6 is 0 Å². The Labute approximate surface area is 173 Å².